The molecule has 1 saturated heterocycles. The van der Waals surface area contributed by atoms with Crippen LogP contribution in [0.3, 0.4) is 0 Å². The highest BCUT2D eigenvalue weighted by Crippen LogP contribution is 2.36. The van der Waals surface area contributed by atoms with E-state index in [1.165, 1.54) is 16.7 Å². The Kier molecular flexibility index (Phi) is 5.67. The first kappa shape index (κ1) is 18.9. The standard InChI is InChI=1S/C17H21N3O4S2/c1-20(2)16(21)15(13-6-4-3-5-7-13)25-17-19-18-14(24-17)10-12-8-9-26(22,23)11-12/h3-7,12,15H,8-11H2,1-2H3/t12-,15-/m0/s1. The van der Waals surface area contributed by atoms with Gasteiger partial charge in [0, 0.05) is 20.5 Å². The molecule has 1 aliphatic rings. The molecule has 0 saturated carbocycles. The Labute approximate surface area is 157 Å². The van der Waals surface area contributed by atoms with E-state index in [4.69, 9.17) is 4.42 Å². The molecule has 7 nitrogen and oxygen atoms in total. The zero-order valence-corrected chi connectivity index (χ0v) is 16.3. The van der Waals surface area contributed by atoms with Crippen molar-refractivity contribution in [2.24, 2.45) is 5.92 Å². The van der Waals surface area contributed by atoms with Gasteiger partial charge in [-0.25, -0.2) is 8.42 Å². The van der Waals surface area contributed by atoms with E-state index in [0.29, 0.717) is 24.0 Å². The molecular weight excluding hydrogens is 374 g/mol. The van der Waals surface area contributed by atoms with Crippen molar-refractivity contribution in [3.05, 3.63) is 41.8 Å². The minimum atomic E-state index is -2.93. The van der Waals surface area contributed by atoms with Gasteiger partial charge in [-0.3, -0.25) is 4.79 Å². The SMILES string of the molecule is CN(C)C(=O)[C@@H](Sc1nnc(C[C@@H]2CCS(=O)(=O)C2)o1)c1ccccc1. The summed E-state index contributed by atoms with van der Waals surface area (Å²) in [5.74, 6) is 0.762. The molecule has 0 N–H and O–H groups in total. The maximum Gasteiger partial charge on any atom is 0.277 e. The topological polar surface area (TPSA) is 93.4 Å². The number of sulfone groups is 1. The first-order valence-electron chi connectivity index (χ1n) is 8.29. The lowest BCUT2D eigenvalue weighted by Crippen LogP contribution is -2.26. The van der Waals surface area contributed by atoms with Gasteiger partial charge in [-0.05, 0) is 29.7 Å². The molecule has 1 aromatic heterocycles. The predicted molar refractivity (Wildman–Crippen MR) is 98.5 cm³/mol. The Hall–Kier alpha value is -1.87. The molecule has 140 valence electrons. The summed E-state index contributed by atoms with van der Waals surface area (Å²) in [7, 11) is 0.484. The predicted octanol–water partition coefficient (Wildman–Crippen LogP) is 1.97. The zero-order valence-electron chi connectivity index (χ0n) is 14.7. The fourth-order valence-corrected chi connectivity index (χ4v) is 5.77. The molecule has 0 spiro atoms. The van der Waals surface area contributed by atoms with Gasteiger partial charge < -0.3 is 9.32 Å². The maximum absolute atomic E-state index is 12.6. The number of carbonyl (C=O) groups excluding carboxylic acids is 1. The van der Waals surface area contributed by atoms with Gasteiger partial charge in [0.25, 0.3) is 5.22 Å². The molecule has 9 heteroatoms. The fraction of sp³-hybridized carbons (Fsp3) is 0.471. The molecule has 2 aromatic rings. The Morgan fingerprint density at radius 2 is 2.04 bits per heavy atom. The van der Waals surface area contributed by atoms with Crippen molar-refractivity contribution in [3.63, 3.8) is 0 Å². The van der Waals surface area contributed by atoms with Gasteiger partial charge in [0.05, 0.1) is 11.5 Å². The van der Waals surface area contributed by atoms with Crippen LogP contribution in [0.5, 0.6) is 0 Å². The van der Waals surface area contributed by atoms with Crippen LogP contribution >= 0.6 is 11.8 Å². The van der Waals surface area contributed by atoms with Gasteiger partial charge in [0.1, 0.15) is 5.25 Å². The molecule has 0 bridgehead atoms. The average molecular weight is 396 g/mol. The first-order chi connectivity index (χ1) is 12.3. The molecule has 1 fully saturated rings. The van der Waals surface area contributed by atoms with E-state index in [2.05, 4.69) is 10.2 Å². The Balaban J connectivity index is 1.72. The third-order valence-corrected chi connectivity index (χ3v) is 7.14. The van der Waals surface area contributed by atoms with Gasteiger partial charge in [-0.2, -0.15) is 0 Å². The van der Waals surface area contributed by atoms with Crippen LogP contribution in [-0.4, -0.2) is 55.0 Å². The average Bonchev–Trinajstić information content (AvgIpc) is 3.18. The van der Waals surface area contributed by atoms with E-state index in [0.717, 1.165) is 5.56 Å². The van der Waals surface area contributed by atoms with E-state index < -0.39 is 15.1 Å². The van der Waals surface area contributed by atoms with E-state index in [1.807, 2.05) is 30.3 Å². The Bertz CT molecular complexity index is 865. The van der Waals surface area contributed by atoms with Crippen LogP contribution in [0, 0.1) is 5.92 Å². The number of carbonyl (C=O) groups is 1. The Morgan fingerprint density at radius 1 is 1.31 bits per heavy atom. The van der Waals surface area contributed by atoms with Crippen LogP contribution in [-0.2, 0) is 21.1 Å². The normalized spacial score (nSPS) is 20.0. The highest BCUT2D eigenvalue weighted by atomic mass is 32.2. The van der Waals surface area contributed by atoms with Gasteiger partial charge in [0.15, 0.2) is 9.84 Å². The summed E-state index contributed by atoms with van der Waals surface area (Å²) in [5, 5.41) is 7.88. The van der Waals surface area contributed by atoms with Crippen molar-refractivity contribution in [1.82, 2.24) is 15.1 Å². The van der Waals surface area contributed by atoms with Gasteiger partial charge in [-0.15, -0.1) is 10.2 Å². The number of aromatic nitrogens is 2. The second kappa shape index (κ2) is 7.79. The number of amides is 1. The largest absolute Gasteiger partial charge is 0.416 e. The van der Waals surface area contributed by atoms with Crippen molar-refractivity contribution in [2.45, 2.75) is 23.3 Å². The van der Waals surface area contributed by atoms with Crippen LogP contribution in [0.4, 0.5) is 0 Å². The fourth-order valence-electron chi connectivity index (χ4n) is 2.87. The highest BCUT2D eigenvalue weighted by molar-refractivity contribution is 8.00. The molecule has 1 aliphatic heterocycles. The number of hydrogen-bond acceptors (Lipinski definition) is 7. The smallest absolute Gasteiger partial charge is 0.277 e. The lowest BCUT2D eigenvalue weighted by molar-refractivity contribution is -0.128. The molecule has 2 heterocycles. The van der Waals surface area contributed by atoms with E-state index >= 15 is 0 Å². The van der Waals surface area contributed by atoms with Crippen molar-refractivity contribution in [3.8, 4) is 0 Å². The quantitative estimate of drug-likeness (QED) is 0.690. The van der Waals surface area contributed by atoms with E-state index in [1.54, 1.807) is 14.1 Å². The van der Waals surface area contributed by atoms with Crippen molar-refractivity contribution < 1.29 is 17.6 Å². The van der Waals surface area contributed by atoms with Crippen LogP contribution in [0.2, 0.25) is 0 Å². The van der Waals surface area contributed by atoms with Crippen molar-refractivity contribution in [2.75, 3.05) is 25.6 Å². The van der Waals surface area contributed by atoms with Crippen LogP contribution in [0.15, 0.2) is 40.0 Å². The van der Waals surface area contributed by atoms with Crippen molar-refractivity contribution in [1.29, 1.82) is 0 Å². The molecule has 3 rings (SSSR count). The summed E-state index contributed by atoms with van der Waals surface area (Å²) in [6.07, 6.45) is 1.07. The number of nitrogens with zero attached hydrogens (tertiary/aromatic N) is 3. The minimum absolute atomic E-state index is 0.0200. The van der Waals surface area contributed by atoms with Crippen LogP contribution in [0.25, 0.3) is 0 Å². The monoisotopic (exact) mass is 395 g/mol. The first-order valence-corrected chi connectivity index (χ1v) is 11.0. The third-order valence-electron chi connectivity index (χ3n) is 4.22. The number of rotatable bonds is 6. The molecule has 1 amide bonds. The molecule has 26 heavy (non-hydrogen) atoms. The lowest BCUT2D eigenvalue weighted by Gasteiger charge is -2.18. The summed E-state index contributed by atoms with van der Waals surface area (Å²) >= 11 is 1.21. The molecular formula is C17H21N3O4S2. The molecule has 0 aliphatic carbocycles. The summed E-state index contributed by atoms with van der Waals surface area (Å²) in [6.45, 7) is 0. The second-order valence-electron chi connectivity index (χ2n) is 6.58. The van der Waals surface area contributed by atoms with Gasteiger partial charge in [-0.1, -0.05) is 30.3 Å². The summed E-state index contributed by atoms with van der Waals surface area (Å²) in [4.78, 5) is 14.1. The lowest BCUT2D eigenvalue weighted by atomic mass is 10.1. The van der Waals surface area contributed by atoms with E-state index in [9.17, 15) is 13.2 Å². The van der Waals surface area contributed by atoms with Gasteiger partial charge >= 0.3 is 0 Å². The summed E-state index contributed by atoms with van der Waals surface area (Å²) in [6, 6.07) is 9.43. The molecule has 0 unspecified atom stereocenters. The molecule has 2 atom stereocenters. The van der Waals surface area contributed by atoms with Gasteiger partial charge in [0.2, 0.25) is 11.8 Å². The third kappa shape index (κ3) is 4.64. The summed E-state index contributed by atoms with van der Waals surface area (Å²) in [5.41, 5.74) is 0.859. The molecule has 1 aromatic carbocycles. The van der Waals surface area contributed by atoms with Crippen LogP contribution < -0.4 is 0 Å². The second-order valence-corrected chi connectivity index (χ2v) is 9.86. The maximum atomic E-state index is 12.6. The Morgan fingerprint density at radius 3 is 2.65 bits per heavy atom. The summed E-state index contributed by atoms with van der Waals surface area (Å²) < 4.78 is 28.8. The minimum Gasteiger partial charge on any atom is -0.416 e. The highest BCUT2D eigenvalue weighted by Gasteiger charge is 2.30. The molecule has 0 radical (unpaired) electrons. The number of likely N-dealkylation sites (N-methyl/N-ethyl adjacent to an activating group) is 1. The van der Waals surface area contributed by atoms with Crippen molar-refractivity contribution >= 4 is 27.5 Å². The zero-order chi connectivity index (χ0) is 18.7. The van der Waals surface area contributed by atoms with E-state index in [-0.39, 0.29) is 23.3 Å². The number of thioether (sulfide) groups is 1. The number of benzene rings is 1. The van der Waals surface area contributed by atoms with Crippen LogP contribution in [0.1, 0.15) is 23.1 Å². The number of hydrogen-bond donors (Lipinski definition) is 0.